The third kappa shape index (κ3) is 2.97. The number of nitrogens with zero attached hydrogens (tertiary/aromatic N) is 3. The predicted molar refractivity (Wildman–Crippen MR) is 92.3 cm³/mol. The lowest BCUT2D eigenvalue weighted by Crippen LogP contribution is -2.55. The summed E-state index contributed by atoms with van der Waals surface area (Å²) in [4.78, 5) is 41.1. The van der Waals surface area contributed by atoms with Crippen molar-refractivity contribution in [1.82, 2.24) is 15.0 Å². The summed E-state index contributed by atoms with van der Waals surface area (Å²) in [5.74, 6) is -1.35. The van der Waals surface area contributed by atoms with E-state index in [9.17, 15) is 14.4 Å². The van der Waals surface area contributed by atoms with E-state index in [4.69, 9.17) is 9.26 Å². The van der Waals surface area contributed by atoms with Crippen LogP contribution >= 0.6 is 0 Å². The second-order valence-corrected chi connectivity index (χ2v) is 6.75. The third-order valence-corrected chi connectivity index (χ3v) is 5.23. The number of carbonyl (C=O) groups is 3. The van der Waals surface area contributed by atoms with Gasteiger partial charge in [0.1, 0.15) is 12.8 Å². The Morgan fingerprint density at radius 2 is 2.00 bits per heavy atom. The molecule has 0 N–H and O–H groups in total. The van der Waals surface area contributed by atoms with E-state index in [1.807, 2.05) is 30.3 Å². The van der Waals surface area contributed by atoms with Crippen molar-refractivity contribution >= 4 is 17.8 Å². The van der Waals surface area contributed by atoms with E-state index in [1.54, 1.807) is 4.90 Å². The minimum Gasteiger partial charge on any atom is -0.469 e. The summed E-state index contributed by atoms with van der Waals surface area (Å²) in [6, 6.07) is 10.3. The molecular weight excluding hydrogens is 350 g/mol. The SMILES string of the molecule is COC(=O)[C@H]1C[C@H]2CN(C(=O)c3ccon3)CC(=O)N2[C@H]1c1ccccc1. The molecule has 2 saturated heterocycles. The number of carbonyl (C=O) groups excluding carboxylic acids is 3. The van der Waals surface area contributed by atoms with Crippen LogP contribution in [0.2, 0.25) is 0 Å². The van der Waals surface area contributed by atoms with Gasteiger partial charge in [-0.25, -0.2) is 0 Å². The van der Waals surface area contributed by atoms with Gasteiger partial charge in [0.2, 0.25) is 5.91 Å². The summed E-state index contributed by atoms with van der Waals surface area (Å²) in [5, 5.41) is 3.66. The summed E-state index contributed by atoms with van der Waals surface area (Å²) in [5.41, 5.74) is 1.05. The van der Waals surface area contributed by atoms with Crippen LogP contribution in [0.1, 0.15) is 28.5 Å². The molecule has 8 nitrogen and oxygen atoms in total. The van der Waals surface area contributed by atoms with Crippen LogP contribution in [0.25, 0.3) is 0 Å². The van der Waals surface area contributed by atoms with Crippen molar-refractivity contribution in [3.05, 3.63) is 53.9 Å². The number of amides is 2. The maximum Gasteiger partial charge on any atom is 0.311 e. The van der Waals surface area contributed by atoms with Crippen molar-refractivity contribution in [2.75, 3.05) is 20.2 Å². The van der Waals surface area contributed by atoms with Gasteiger partial charge in [0, 0.05) is 12.6 Å². The first-order valence-corrected chi connectivity index (χ1v) is 8.73. The van der Waals surface area contributed by atoms with Crippen molar-refractivity contribution in [2.45, 2.75) is 18.5 Å². The Labute approximate surface area is 155 Å². The minimum absolute atomic E-state index is 0.0561. The maximum absolute atomic E-state index is 12.9. The zero-order valence-electron chi connectivity index (χ0n) is 14.8. The molecule has 1 aromatic heterocycles. The molecule has 2 fully saturated rings. The topological polar surface area (TPSA) is 93.0 Å². The minimum atomic E-state index is -0.464. The summed E-state index contributed by atoms with van der Waals surface area (Å²) in [7, 11) is 1.35. The standard InChI is InChI=1S/C19H19N3O5/c1-26-19(25)14-9-13-10-21(18(24)15-7-8-27-20-15)11-16(23)22(13)17(14)12-5-3-2-4-6-12/h2-8,13-14,17H,9-11H2,1H3/t13-,14-,17-/m0/s1. The highest BCUT2D eigenvalue weighted by Gasteiger charge is 2.51. The van der Waals surface area contributed by atoms with Crippen molar-refractivity contribution in [3.63, 3.8) is 0 Å². The van der Waals surface area contributed by atoms with Crippen LogP contribution in [-0.2, 0) is 14.3 Å². The highest BCUT2D eigenvalue weighted by atomic mass is 16.5. The van der Waals surface area contributed by atoms with Gasteiger partial charge in [-0.2, -0.15) is 0 Å². The fourth-order valence-electron chi connectivity index (χ4n) is 4.10. The monoisotopic (exact) mass is 369 g/mol. The van der Waals surface area contributed by atoms with Crippen molar-refractivity contribution in [3.8, 4) is 0 Å². The predicted octanol–water partition coefficient (Wildman–Crippen LogP) is 1.26. The van der Waals surface area contributed by atoms with Gasteiger partial charge in [-0.3, -0.25) is 14.4 Å². The number of benzene rings is 1. The van der Waals surface area contributed by atoms with Gasteiger partial charge in [0.25, 0.3) is 5.91 Å². The van der Waals surface area contributed by atoms with Crippen molar-refractivity contribution in [1.29, 1.82) is 0 Å². The molecule has 2 aliphatic heterocycles. The molecule has 0 unspecified atom stereocenters. The van der Waals surface area contributed by atoms with Crippen molar-refractivity contribution in [2.24, 2.45) is 5.92 Å². The summed E-state index contributed by atoms with van der Waals surface area (Å²) in [6.07, 6.45) is 1.76. The van der Waals surface area contributed by atoms with Gasteiger partial charge < -0.3 is 19.1 Å². The van der Waals surface area contributed by atoms with Crippen molar-refractivity contribution < 1.29 is 23.6 Å². The molecule has 0 radical (unpaired) electrons. The number of fused-ring (bicyclic) bond motifs is 1. The lowest BCUT2D eigenvalue weighted by Gasteiger charge is -2.39. The highest BCUT2D eigenvalue weighted by molar-refractivity contribution is 5.96. The second-order valence-electron chi connectivity index (χ2n) is 6.75. The Kier molecular flexibility index (Phi) is 4.39. The largest absolute Gasteiger partial charge is 0.469 e. The van der Waals surface area contributed by atoms with Gasteiger partial charge in [-0.1, -0.05) is 35.5 Å². The zero-order valence-corrected chi connectivity index (χ0v) is 14.8. The summed E-state index contributed by atoms with van der Waals surface area (Å²) in [6.45, 7) is 0.285. The molecule has 1 aromatic carbocycles. The molecule has 0 aliphatic carbocycles. The van der Waals surface area contributed by atoms with E-state index in [2.05, 4.69) is 5.16 Å². The van der Waals surface area contributed by atoms with E-state index >= 15 is 0 Å². The molecule has 2 amide bonds. The molecule has 140 valence electrons. The molecule has 8 heteroatoms. The van der Waals surface area contributed by atoms with Gasteiger partial charge in [-0.05, 0) is 12.0 Å². The van der Waals surface area contributed by atoms with Crippen LogP contribution in [0.15, 0.2) is 47.2 Å². The van der Waals surface area contributed by atoms with E-state index in [0.29, 0.717) is 13.0 Å². The normalized spacial score (nSPS) is 24.6. The molecule has 4 rings (SSSR count). The summed E-state index contributed by atoms with van der Waals surface area (Å²) >= 11 is 0. The third-order valence-electron chi connectivity index (χ3n) is 5.23. The van der Waals surface area contributed by atoms with Gasteiger partial charge >= 0.3 is 5.97 Å². The van der Waals surface area contributed by atoms with E-state index in [0.717, 1.165) is 5.56 Å². The van der Waals surface area contributed by atoms with E-state index < -0.39 is 5.92 Å². The zero-order chi connectivity index (χ0) is 19.0. The number of hydrogen-bond donors (Lipinski definition) is 0. The number of ether oxygens (including phenoxy) is 1. The molecule has 0 saturated carbocycles. The number of rotatable bonds is 3. The van der Waals surface area contributed by atoms with Gasteiger partial charge in [-0.15, -0.1) is 0 Å². The lowest BCUT2D eigenvalue weighted by atomic mass is 9.93. The Morgan fingerprint density at radius 1 is 1.22 bits per heavy atom. The molecule has 2 aliphatic rings. The van der Waals surface area contributed by atoms with Crippen LogP contribution in [0, 0.1) is 5.92 Å². The second kappa shape index (κ2) is 6.86. The first kappa shape index (κ1) is 17.3. The molecule has 3 heterocycles. The average molecular weight is 369 g/mol. The number of esters is 1. The molecule has 0 spiro atoms. The number of methoxy groups -OCH3 is 1. The quantitative estimate of drug-likeness (QED) is 0.757. The Hall–Kier alpha value is -3.16. The molecule has 3 atom stereocenters. The van der Waals surface area contributed by atoms with E-state index in [1.165, 1.54) is 24.3 Å². The first-order valence-electron chi connectivity index (χ1n) is 8.73. The fraction of sp³-hybridized carbons (Fsp3) is 0.368. The highest BCUT2D eigenvalue weighted by Crippen LogP contribution is 2.43. The Balaban J connectivity index is 1.63. The summed E-state index contributed by atoms with van der Waals surface area (Å²) < 4.78 is 9.70. The lowest BCUT2D eigenvalue weighted by molar-refractivity contribution is -0.147. The fourth-order valence-corrected chi connectivity index (χ4v) is 4.10. The molecule has 0 bridgehead atoms. The Bertz CT molecular complexity index is 851. The van der Waals surface area contributed by atoms with Gasteiger partial charge in [0.15, 0.2) is 5.69 Å². The van der Waals surface area contributed by atoms with Crippen LogP contribution in [0.5, 0.6) is 0 Å². The number of piperazine rings is 1. The van der Waals surface area contributed by atoms with Crippen LogP contribution in [-0.4, -0.2) is 59.0 Å². The average Bonchev–Trinajstić information content (AvgIpc) is 3.35. The number of hydrogen-bond acceptors (Lipinski definition) is 6. The van der Waals surface area contributed by atoms with Crippen LogP contribution in [0.4, 0.5) is 0 Å². The molecule has 27 heavy (non-hydrogen) atoms. The van der Waals surface area contributed by atoms with Crippen LogP contribution < -0.4 is 0 Å². The molecular formula is C19H19N3O5. The smallest absolute Gasteiger partial charge is 0.311 e. The van der Waals surface area contributed by atoms with E-state index in [-0.39, 0.29) is 42.1 Å². The van der Waals surface area contributed by atoms with Gasteiger partial charge in [0.05, 0.1) is 25.1 Å². The number of aromatic nitrogens is 1. The Morgan fingerprint density at radius 3 is 2.67 bits per heavy atom. The first-order chi connectivity index (χ1) is 13.1. The molecule has 2 aromatic rings. The maximum atomic E-state index is 12.9. The van der Waals surface area contributed by atoms with Crippen LogP contribution in [0.3, 0.4) is 0 Å².